The maximum Gasteiger partial charge on any atom is 0.244 e. The Bertz CT molecular complexity index is 652. The van der Waals surface area contributed by atoms with Crippen LogP contribution >= 0.6 is 12.4 Å². The van der Waals surface area contributed by atoms with E-state index >= 15 is 0 Å². The van der Waals surface area contributed by atoms with E-state index in [9.17, 15) is 4.79 Å². The summed E-state index contributed by atoms with van der Waals surface area (Å²) in [5, 5.41) is 2.83. The van der Waals surface area contributed by atoms with E-state index in [1.54, 1.807) is 6.92 Å². The minimum atomic E-state index is -1.05. The van der Waals surface area contributed by atoms with Crippen LogP contribution in [0.25, 0.3) is 0 Å². The Labute approximate surface area is 149 Å². The predicted octanol–water partition coefficient (Wildman–Crippen LogP) is 3.09. The lowest BCUT2D eigenvalue weighted by Gasteiger charge is -2.24. The van der Waals surface area contributed by atoms with Gasteiger partial charge >= 0.3 is 0 Å². The van der Waals surface area contributed by atoms with E-state index in [1.165, 1.54) is 0 Å². The lowest BCUT2D eigenvalue weighted by Crippen LogP contribution is -2.49. The Kier molecular flexibility index (Phi) is 7.26. The zero-order valence-corrected chi connectivity index (χ0v) is 15.2. The number of hydrogen-bond acceptors (Lipinski definition) is 3. The largest absolute Gasteiger partial charge is 0.492 e. The number of aryl methyl sites for hydroxylation is 2. The van der Waals surface area contributed by atoms with Gasteiger partial charge in [-0.05, 0) is 49.6 Å². The molecule has 2 rings (SSSR count). The Balaban J connectivity index is 0.00000288. The molecule has 0 spiro atoms. The zero-order chi connectivity index (χ0) is 16.9. The SMILES string of the molecule is Cc1cc(C)cc(OCCNC(=O)C(C)(N)c2ccccc2)c1.Cl. The number of halogens is 1. The van der Waals surface area contributed by atoms with E-state index in [0.29, 0.717) is 13.2 Å². The van der Waals surface area contributed by atoms with Gasteiger partial charge < -0.3 is 15.8 Å². The Morgan fingerprint density at radius 1 is 1.12 bits per heavy atom. The van der Waals surface area contributed by atoms with Gasteiger partial charge in [0, 0.05) is 0 Å². The van der Waals surface area contributed by atoms with Gasteiger partial charge in [-0.1, -0.05) is 36.4 Å². The van der Waals surface area contributed by atoms with Crippen LogP contribution in [0.4, 0.5) is 0 Å². The molecule has 4 nitrogen and oxygen atoms in total. The van der Waals surface area contributed by atoms with Crippen LogP contribution in [-0.4, -0.2) is 19.1 Å². The smallest absolute Gasteiger partial charge is 0.244 e. The van der Waals surface area contributed by atoms with Crippen LogP contribution in [-0.2, 0) is 10.3 Å². The first-order valence-electron chi connectivity index (χ1n) is 7.73. The molecule has 0 aromatic heterocycles. The average molecular weight is 349 g/mol. The topological polar surface area (TPSA) is 64.3 Å². The van der Waals surface area contributed by atoms with Crippen LogP contribution in [0.3, 0.4) is 0 Å². The van der Waals surface area contributed by atoms with Gasteiger partial charge in [0.15, 0.2) is 0 Å². The summed E-state index contributed by atoms with van der Waals surface area (Å²) in [4.78, 5) is 12.3. The van der Waals surface area contributed by atoms with E-state index in [-0.39, 0.29) is 18.3 Å². The summed E-state index contributed by atoms with van der Waals surface area (Å²) in [5.41, 5.74) is 8.20. The molecule has 0 aliphatic heterocycles. The van der Waals surface area contributed by atoms with Crippen molar-refractivity contribution in [3.05, 3.63) is 65.2 Å². The highest BCUT2D eigenvalue weighted by Gasteiger charge is 2.29. The van der Waals surface area contributed by atoms with Crippen molar-refractivity contribution in [2.75, 3.05) is 13.2 Å². The third kappa shape index (κ3) is 5.25. The first-order chi connectivity index (χ1) is 10.9. The monoisotopic (exact) mass is 348 g/mol. The first kappa shape index (κ1) is 20.0. The van der Waals surface area contributed by atoms with Crippen LogP contribution in [0.2, 0.25) is 0 Å². The molecular formula is C19H25ClN2O2. The molecule has 5 heteroatoms. The van der Waals surface area contributed by atoms with E-state index < -0.39 is 5.54 Å². The molecule has 0 radical (unpaired) electrons. The molecule has 0 bridgehead atoms. The average Bonchev–Trinajstić information content (AvgIpc) is 2.51. The minimum absolute atomic E-state index is 0. The van der Waals surface area contributed by atoms with Gasteiger partial charge in [0.25, 0.3) is 0 Å². The van der Waals surface area contributed by atoms with Crippen molar-refractivity contribution in [2.24, 2.45) is 5.73 Å². The second-order valence-electron chi connectivity index (χ2n) is 6.00. The summed E-state index contributed by atoms with van der Waals surface area (Å²) >= 11 is 0. The molecule has 1 amide bonds. The van der Waals surface area contributed by atoms with Gasteiger partial charge in [-0.3, -0.25) is 4.79 Å². The number of amides is 1. The van der Waals surface area contributed by atoms with E-state index in [2.05, 4.69) is 11.4 Å². The maximum absolute atomic E-state index is 12.3. The minimum Gasteiger partial charge on any atom is -0.492 e. The lowest BCUT2D eigenvalue weighted by molar-refractivity contribution is -0.126. The Hall–Kier alpha value is -2.04. The van der Waals surface area contributed by atoms with Gasteiger partial charge in [-0.2, -0.15) is 0 Å². The fourth-order valence-corrected chi connectivity index (χ4v) is 2.45. The molecule has 3 N–H and O–H groups in total. The number of ether oxygens (including phenoxy) is 1. The van der Waals surface area contributed by atoms with Gasteiger partial charge in [0.2, 0.25) is 5.91 Å². The number of hydrogen-bond donors (Lipinski definition) is 2. The Morgan fingerprint density at radius 2 is 1.71 bits per heavy atom. The van der Waals surface area contributed by atoms with Crippen molar-refractivity contribution in [3.63, 3.8) is 0 Å². The van der Waals surface area contributed by atoms with Gasteiger partial charge in [0.05, 0.1) is 6.54 Å². The van der Waals surface area contributed by atoms with Crippen molar-refractivity contribution in [1.29, 1.82) is 0 Å². The third-order valence-electron chi connectivity index (χ3n) is 3.70. The molecule has 130 valence electrons. The van der Waals surface area contributed by atoms with Crippen LogP contribution in [0.1, 0.15) is 23.6 Å². The molecule has 24 heavy (non-hydrogen) atoms. The lowest BCUT2D eigenvalue weighted by atomic mass is 9.92. The molecule has 2 aromatic rings. The van der Waals surface area contributed by atoms with E-state index in [0.717, 1.165) is 22.4 Å². The van der Waals surface area contributed by atoms with Crippen LogP contribution in [0, 0.1) is 13.8 Å². The normalized spacial score (nSPS) is 12.7. The first-order valence-corrected chi connectivity index (χ1v) is 7.73. The molecule has 0 fully saturated rings. The summed E-state index contributed by atoms with van der Waals surface area (Å²) in [6, 6.07) is 15.4. The van der Waals surface area contributed by atoms with Gasteiger partial charge in [-0.25, -0.2) is 0 Å². The van der Waals surface area contributed by atoms with Gasteiger partial charge in [0.1, 0.15) is 17.9 Å². The zero-order valence-electron chi connectivity index (χ0n) is 14.3. The quantitative estimate of drug-likeness (QED) is 0.788. The molecule has 0 aliphatic rings. The summed E-state index contributed by atoms with van der Waals surface area (Å²) in [6.07, 6.45) is 0. The molecule has 0 aliphatic carbocycles. The highest BCUT2D eigenvalue weighted by Crippen LogP contribution is 2.18. The van der Waals surface area contributed by atoms with Crippen LogP contribution < -0.4 is 15.8 Å². The van der Waals surface area contributed by atoms with Crippen molar-refractivity contribution < 1.29 is 9.53 Å². The number of carbonyl (C=O) groups excluding carboxylic acids is 1. The fraction of sp³-hybridized carbons (Fsp3) is 0.316. The van der Waals surface area contributed by atoms with E-state index in [4.69, 9.17) is 10.5 Å². The van der Waals surface area contributed by atoms with Crippen molar-refractivity contribution in [1.82, 2.24) is 5.32 Å². The fourth-order valence-electron chi connectivity index (χ4n) is 2.45. The maximum atomic E-state index is 12.3. The van der Waals surface area contributed by atoms with Crippen molar-refractivity contribution in [2.45, 2.75) is 26.3 Å². The van der Waals surface area contributed by atoms with Crippen molar-refractivity contribution in [3.8, 4) is 5.75 Å². The number of rotatable bonds is 6. The molecular weight excluding hydrogens is 324 g/mol. The third-order valence-corrected chi connectivity index (χ3v) is 3.70. The summed E-state index contributed by atoms with van der Waals surface area (Å²) in [6.45, 7) is 6.58. The number of benzene rings is 2. The molecule has 0 heterocycles. The molecule has 2 aromatic carbocycles. The summed E-state index contributed by atoms with van der Waals surface area (Å²) in [5.74, 6) is 0.600. The number of nitrogens with two attached hydrogens (primary N) is 1. The molecule has 1 atom stereocenters. The predicted molar refractivity (Wildman–Crippen MR) is 99.7 cm³/mol. The number of carbonyl (C=O) groups is 1. The van der Waals surface area contributed by atoms with Gasteiger partial charge in [-0.15, -0.1) is 12.4 Å². The summed E-state index contributed by atoms with van der Waals surface area (Å²) < 4.78 is 5.68. The van der Waals surface area contributed by atoms with E-state index in [1.807, 2.05) is 56.3 Å². The second kappa shape index (κ2) is 8.71. The number of nitrogens with one attached hydrogen (secondary N) is 1. The standard InChI is InChI=1S/C19H24N2O2.ClH/c1-14-11-15(2)13-17(12-14)23-10-9-21-18(22)19(3,20)16-7-5-4-6-8-16;/h4-8,11-13H,9-10,20H2,1-3H3,(H,21,22);1H. The highest BCUT2D eigenvalue weighted by molar-refractivity contribution is 5.87. The highest BCUT2D eigenvalue weighted by atomic mass is 35.5. The molecule has 0 saturated carbocycles. The molecule has 0 saturated heterocycles. The second-order valence-corrected chi connectivity index (χ2v) is 6.00. The van der Waals surface area contributed by atoms with Crippen LogP contribution in [0.5, 0.6) is 5.75 Å². The summed E-state index contributed by atoms with van der Waals surface area (Å²) in [7, 11) is 0. The van der Waals surface area contributed by atoms with Crippen LogP contribution in [0.15, 0.2) is 48.5 Å². The Morgan fingerprint density at radius 3 is 2.29 bits per heavy atom. The molecule has 1 unspecified atom stereocenters. The van der Waals surface area contributed by atoms with Crippen molar-refractivity contribution >= 4 is 18.3 Å².